The van der Waals surface area contributed by atoms with Crippen LogP contribution in [0.15, 0.2) is 21.2 Å². The van der Waals surface area contributed by atoms with E-state index in [0.717, 1.165) is 27.3 Å². The third kappa shape index (κ3) is 2.17. The molecule has 0 radical (unpaired) electrons. The van der Waals surface area contributed by atoms with E-state index in [2.05, 4.69) is 32.4 Å². The fraction of sp³-hybridized carbons (Fsp3) is 0.417. The van der Waals surface area contributed by atoms with Gasteiger partial charge in [0.05, 0.1) is 22.4 Å². The van der Waals surface area contributed by atoms with Gasteiger partial charge in [-0.2, -0.15) is 5.10 Å². The lowest BCUT2D eigenvalue weighted by Gasteiger charge is -2.16. The van der Waals surface area contributed by atoms with Crippen LogP contribution in [0.1, 0.15) is 28.8 Å². The Morgan fingerprint density at radius 1 is 1.47 bits per heavy atom. The molecule has 0 aliphatic heterocycles. The fourth-order valence-corrected chi connectivity index (χ4v) is 2.70. The summed E-state index contributed by atoms with van der Waals surface area (Å²) in [7, 11) is 3.87. The summed E-state index contributed by atoms with van der Waals surface area (Å²) in [5, 5.41) is 7.55. The van der Waals surface area contributed by atoms with Crippen LogP contribution in [-0.4, -0.2) is 16.8 Å². The molecule has 1 N–H and O–H groups in total. The Balaban J connectivity index is 2.51. The number of aromatic nitrogens is 2. The van der Waals surface area contributed by atoms with Crippen LogP contribution in [0.3, 0.4) is 0 Å². The summed E-state index contributed by atoms with van der Waals surface area (Å²) in [6, 6.07) is 2.14. The molecule has 17 heavy (non-hydrogen) atoms. The largest absolute Gasteiger partial charge is 0.466 e. The highest BCUT2D eigenvalue weighted by molar-refractivity contribution is 9.10. The molecular weight excluding hydrogens is 282 g/mol. The zero-order valence-electron chi connectivity index (χ0n) is 10.4. The third-order valence-electron chi connectivity index (χ3n) is 2.89. The first kappa shape index (κ1) is 12.4. The standard InChI is InChI=1S/C12H16BrN3O/c1-7-5-9(8(2)17-7)11(14-3)12-10(13)6-15-16(12)4/h5-6,11,14H,1-4H3. The predicted molar refractivity (Wildman–Crippen MR) is 70.0 cm³/mol. The van der Waals surface area contributed by atoms with Gasteiger partial charge in [0, 0.05) is 12.6 Å². The van der Waals surface area contributed by atoms with E-state index in [4.69, 9.17) is 4.42 Å². The van der Waals surface area contributed by atoms with Gasteiger partial charge in [-0.25, -0.2) is 0 Å². The highest BCUT2D eigenvalue weighted by Gasteiger charge is 2.22. The Morgan fingerprint density at radius 2 is 2.18 bits per heavy atom. The maximum Gasteiger partial charge on any atom is 0.106 e. The second kappa shape index (κ2) is 4.66. The number of halogens is 1. The lowest BCUT2D eigenvalue weighted by molar-refractivity contribution is 0.494. The van der Waals surface area contributed by atoms with E-state index >= 15 is 0 Å². The summed E-state index contributed by atoms with van der Waals surface area (Å²) < 4.78 is 8.46. The quantitative estimate of drug-likeness (QED) is 0.947. The minimum atomic E-state index is 0.0781. The van der Waals surface area contributed by atoms with Crippen molar-refractivity contribution in [3.63, 3.8) is 0 Å². The van der Waals surface area contributed by atoms with E-state index in [9.17, 15) is 0 Å². The van der Waals surface area contributed by atoms with Crippen LogP contribution in [0, 0.1) is 13.8 Å². The molecule has 0 saturated heterocycles. The van der Waals surface area contributed by atoms with E-state index in [0.29, 0.717) is 0 Å². The molecule has 2 heterocycles. The van der Waals surface area contributed by atoms with Gasteiger partial charge in [-0.05, 0) is 42.9 Å². The lowest BCUT2D eigenvalue weighted by Crippen LogP contribution is -2.21. The molecule has 1 unspecified atom stereocenters. The average molecular weight is 298 g/mol. The van der Waals surface area contributed by atoms with Crippen molar-refractivity contribution in [2.45, 2.75) is 19.9 Å². The summed E-state index contributed by atoms with van der Waals surface area (Å²) >= 11 is 3.53. The third-order valence-corrected chi connectivity index (χ3v) is 3.50. The molecule has 0 aliphatic carbocycles. The van der Waals surface area contributed by atoms with Gasteiger partial charge in [-0.3, -0.25) is 4.68 Å². The molecule has 0 saturated carbocycles. The fourth-order valence-electron chi connectivity index (χ4n) is 2.12. The number of hydrogen-bond donors (Lipinski definition) is 1. The number of aryl methyl sites for hydroxylation is 3. The van der Waals surface area contributed by atoms with Gasteiger partial charge in [-0.1, -0.05) is 0 Å². The molecule has 4 nitrogen and oxygen atoms in total. The van der Waals surface area contributed by atoms with Gasteiger partial charge in [0.1, 0.15) is 11.5 Å². The second-order valence-corrected chi connectivity index (χ2v) is 4.95. The molecule has 0 amide bonds. The number of hydrogen-bond acceptors (Lipinski definition) is 3. The molecule has 92 valence electrons. The zero-order valence-corrected chi connectivity index (χ0v) is 12.0. The number of nitrogens with one attached hydrogen (secondary N) is 1. The van der Waals surface area contributed by atoms with Gasteiger partial charge < -0.3 is 9.73 Å². The van der Waals surface area contributed by atoms with Gasteiger partial charge >= 0.3 is 0 Å². The monoisotopic (exact) mass is 297 g/mol. The van der Waals surface area contributed by atoms with Crippen LogP contribution in [0.2, 0.25) is 0 Å². The van der Waals surface area contributed by atoms with Crippen molar-refractivity contribution in [1.82, 2.24) is 15.1 Å². The second-order valence-electron chi connectivity index (χ2n) is 4.09. The Hall–Kier alpha value is -1.07. The van der Waals surface area contributed by atoms with Crippen molar-refractivity contribution >= 4 is 15.9 Å². The first-order chi connectivity index (χ1) is 8.04. The van der Waals surface area contributed by atoms with Gasteiger partial charge in [0.2, 0.25) is 0 Å². The summed E-state index contributed by atoms with van der Waals surface area (Å²) in [6.07, 6.45) is 1.81. The highest BCUT2D eigenvalue weighted by Crippen LogP contribution is 2.31. The predicted octanol–water partition coefficient (Wildman–Crippen LogP) is 2.70. The first-order valence-corrected chi connectivity index (χ1v) is 6.25. The van der Waals surface area contributed by atoms with Crippen LogP contribution in [0.25, 0.3) is 0 Å². The van der Waals surface area contributed by atoms with Crippen LogP contribution in [0.4, 0.5) is 0 Å². The molecule has 0 aliphatic rings. The van der Waals surface area contributed by atoms with E-state index in [1.54, 1.807) is 0 Å². The molecule has 0 fully saturated rings. The smallest absolute Gasteiger partial charge is 0.106 e. The van der Waals surface area contributed by atoms with Gasteiger partial charge in [0.15, 0.2) is 0 Å². The minimum absolute atomic E-state index is 0.0781. The Labute approximate surface area is 109 Å². The van der Waals surface area contributed by atoms with Crippen molar-refractivity contribution in [3.8, 4) is 0 Å². The van der Waals surface area contributed by atoms with Gasteiger partial charge in [-0.15, -0.1) is 0 Å². The number of nitrogens with zero attached hydrogens (tertiary/aromatic N) is 2. The summed E-state index contributed by atoms with van der Waals surface area (Å²) in [4.78, 5) is 0. The zero-order chi connectivity index (χ0) is 12.6. The maximum absolute atomic E-state index is 5.59. The maximum atomic E-state index is 5.59. The molecule has 1 atom stereocenters. The van der Waals surface area contributed by atoms with E-state index in [-0.39, 0.29) is 6.04 Å². The lowest BCUT2D eigenvalue weighted by atomic mass is 10.0. The first-order valence-electron chi connectivity index (χ1n) is 5.46. The topological polar surface area (TPSA) is 43.0 Å². The van der Waals surface area contributed by atoms with Crippen molar-refractivity contribution in [3.05, 3.63) is 39.5 Å². The molecule has 0 bridgehead atoms. The Bertz CT molecular complexity index is 510. The van der Waals surface area contributed by atoms with Crippen LogP contribution in [-0.2, 0) is 7.05 Å². The SMILES string of the molecule is CNC(c1cc(C)oc1C)c1c(Br)cnn1C. The summed E-state index contributed by atoms with van der Waals surface area (Å²) in [6.45, 7) is 3.94. The molecule has 0 aromatic carbocycles. The van der Waals surface area contributed by atoms with Crippen molar-refractivity contribution in [2.75, 3.05) is 7.05 Å². The van der Waals surface area contributed by atoms with Crippen LogP contribution >= 0.6 is 15.9 Å². The van der Waals surface area contributed by atoms with E-state index in [1.807, 2.05) is 38.8 Å². The van der Waals surface area contributed by atoms with E-state index in [1.165, 1.54) is 0 Å². The van der Waals surface area contributed by atoms with Crippen LogP contribution < -0.4 is 5.32 Å². The summed E-state index contributed by atoms with van der Waals surface area (Å²) in [5.74, 6) is 1.87. The van der Waals surface area contributed by atoms with E-state index < -0.39 is 0 Å². The molecule has 5 heteroatoms. The van der Waals surface area contributed by atoms with Crippen molar-refractivity contribution in [1.29, 1.82) is 0 Å². The normalized spacial score (nSPS) is 13.0. The minimum Gasteiger partial charge on any atom is -0.466 e. The Kier molecular flexibility index (Phi) is 3.40. The average Bonchev–Trinajstić information content (AvgIpc) is 2.76. The van der Waals surface area contributed by atoms with Crippen molar-refractivity contribution < 1.29 is 4.42 Å². The Morgan fingerprint density at radius 3 is 2.59 bits per heavy atom. The molecular formula is C12H16BrN3O. The highest BCUT2D eigenvalue weighted by atomic mass is 79.9. The molecule has 0 spiro atoms. The summed E-state index contributed by atoms with van der Waals surface area (Å²) in [5.41, 5.74) is 2.24. The number of rotatable bonds is 3. The van der Waals surface area contributed by atoms with Crippen LogP contribution in [0.5, 0.6) is 0 Å². The van der Waals surface area contributed by atoms with Crippen molar-refractivity contribution in [2.24, 2.45) is 7.05 Å². The molecule has 2 aromatic rings. The molecule has 2 aromatic heterocycles. The number of furan rings is 1. The molecule has 2 rings (SSSR count). The van der Waals surface area contributed by atoms with Gasteiger partial charge in [0.25, 0.3) is 0 Å².